The van der Waals surface area contributed by atoms with Gasteiger partial charge in [-0.1, -0.05) is 6.92 Å². The Hall–Kier alpha value is -2.31. The van der Waals surface area contributed by atoms with Gasteiger partial charge in [0.2, 0.25) is 5.91 Å². The fraction of sp³-hybridized carbons (Fsp3) is 0.588. The summed E-state index contributed by atoms with van der Waals surface area (Å²) in [7, 11) is 0. The van der Waals surface area contributed by atoms with Crippen LogP contribution in [0.15, 0.2) is 18.3 Å². The van der Waals surface area contributed by atoms with Gasteiger partial charge in [0.05, 0.1) is 11.9 Å². The van der Waals surface area contributed by atoms with Crippen LogP contribution < -0.4 is 20.9 Å². The quantitative estimate of drug-likeness (QED) is 0.681. The molecule has 3 N–H and O–H groups in total. The lowest BCUT2D eigenvalue weighted by Crippen LogP contribution is -2.48. The third-order valence-corrected chi connectivity index (χ3v) is 3.84. The van der Waals surface area contributed by atoms with Gasteiger partial charge in [0.1, 0.15) is 11.9 Å². The summed E-state index contributed by atoms with van der Waals surface area (Å²) >= 11 is 0. The molecule has 0 saturated heterocycles. The first kappa shape index (κ1) is 19.7. The van der Waals surface area contributed by atoms with E-state index in [1.54, 1.807) is 19.2 Å². The summed E-state index contributed by atoms with van der Waals surface area (Å²) in [5, 5.41) is 8.14. The van der Waals surface area contributed by atoms with Crippen molar-refractivity contribution in [3.8, 4) is 0 Å². The predicted octanol–water partition coefficient (Wildman–Crippen LogP) is 2.35. The van der Waals surface area contributed by atoms with Crippen LogP contribution in [0, 0.1) is 0 Å². The fourth-order valence-electron chi connectivity index (χ4n) is 2.09. The van der Waals surface area contributed by atoms with Gasteiger partial charge < -0.3 is 20.9 Å². The van der Waals surface area contributed by atoms with Crippen LogP contribution in [0.3, 0.4) is 0 Å². The summed E-state index contributed by atoms with van der Waals surface area (Å²) in [6.45, 7) is 11.4. The molecule has 2 atom stereocenters. The first-order chi connectivity index (χ1) is 11.4. The van der Waals surface area contributed by atoms with E-state index in [2.05, 4.69) is 39.7 Å². The van der Waals surface area contributed by atoms with Gasteiger partial charge in [-0.3, -0.25) is 4.79 Å². The van der Waals surface area contributed by atoms with Gasteiger partial charge >= 0.3 is 6.03 Å². The van der Waals surface area contributed by atoms with E-state index in [4.69, 9.17) is 0 Å². The molecule has 0 aromatic carbocycles. The van der Waals surface area contributed by atoms with E-state index in [0.717, 1.165) is 25.3 Å². The van der Waals surface area contributed by atoms with Gasteiger partial charge in [0, 0.05) is 19.1 Å². The third kappa shape index (κ3) is 6.06. The lowest BCUT2D eigenvalue weighted by Gasteiger charge is -2.20. The number of urea groups is 1. The molecule has 0 bridgehead atoms. The largest absolute Gasteiger partial charge is 0.357 e. The van der Waals surface area contributed by atoms with E-state index >= 15 is 0 Å². The molecule has 0 fully saturated rings. The molecule has 1 heterocycles. The van der Waals surface area contributed by atoms with Crippen LogP contribution in [0.1, 0.15) is 41.0 Å². The Labute approximate surface area is 144 Å². The molecule has 0 aliphatic carbocycles. The summed E-state index contributed by atoms with van der Waals surface area (Å²) in [5.41, 5.74) is 0.581. The maximum atomic E-state index is 12.0. The van der Waals surface area contributed by atoms with Crippen LogP contribution in [0.5, 0.6) is 0 Å². The van der Waals surface area contributed by atoms with Gasteiger partial charge in [-0.15, -0.1) is 0 Å². The SMILES string of the molecule is CC[C@@H](C)NC(=O)[C@H](C)NC(=O)Nc1ccc(N(CC)CC)nc1. The Balaban J connectivity index is 2.54. The number of anilines is 2. The number of carbonyl (C=O) groups excluding carboxylic acids is 2. The van der Waals surface area contributed by atoms with Crippen molar-refractivity contribution in [2.24, 2.45) is 0 Å². The zero-order valence-electron chi connectivity index (χ0n) is 15.2. The number of hydrogen-bond acceptors (Lipinski definition) is 4. The highest BCUT2D eigenvalue weighted by Crippen LogP contribution is 2.13. The lowest BCUT2D eigenvalue weighted by atomic mass is 10.2. The summed E-state index contributed by atoms with van der Waals surface area (Å²) < 4.78 is 0. The molecule has 7 nitrogen and oxygen atoms in total. The van der Waals surface area contributed by atoms with Crippen molar-refractivity contribution >= 4 is 23.4 Å². The van der Waals surface area contributed by atoms with Gasteiger partial charge in [-0.2, -0.15) is 0 Å². The van der Waals surface area contributed by atoms with Gasteiger partial charge in [0.25, 0.3) is 0 Å². The van der Waals surface area contributed by atoms with E-state index in [0.29, 0.717) is 5.69 Å². The number of pyridine rings is 1. The molecule has 0 spiro atoms. The van der Waals surface area contributed by atoms with E-state index < -0.39 is 12.1 Å². The average molecular weight is 335 g/mol. The molecular weight excluding hydrogens is 306 g/mol. The second kappa shape index (κ2) is 9.75. The van der Waals surface area contributed by atoms with Crippen LogP contribution in [0.4, 0.5) is 16.3 Å². The molecule has 1 rings (SSSR count). The minimum atomic E-state index is -0.609. The van der Waals surface area contributed by atoms with Crippen LogP contribution in [-0.2, 0) is 4.79 Å². The van der Waals surface area contributed by atoms with Crippen molar-refractivity contribution in [1.82, 2.24) is 15.6 Å². The zero-order chi connectivity index (χ0) is 18.1. The molecule has 0 aliphatic heterocycles. The topological polar surface area (TPSA) is 86.4 Å². The zero-order valence-corrected chi connectivity index (χ0v) is 15.2. The first-order valence-corrected chi connectivity index (χ1v) is 8.50. The molecule has 3 amide bonds. The number of aromatic nitrogens is 1. The molecule has 0 saturated carbocycles. The smallest absolute Gasteiger partial charge is 0.319 e. The molecule has 0 unspecified atom stereocenters. The summed E-state index contributed by atoms with van der Waals surface area (Å²) in [6, 6.07) is 2.70. The number of amides is 3. The standard InChI is InChI=1S/C17H29N5O2/c1-6-12(4)19-16(23)13(5)20-17(24)21-14-9-10-15(18-11-14)22(7-2)8-3/h9-13H,6-8H2,1-5H3,(H,19,23)(H2,20,21,24)/t12-,13+/m1/s1. The second-order valence-corrected chi connectivity index (χ2v) is 5.72. The number of carbonyl (C=O) groups is 2. The first-order valence-electron chi connectivity index (χ1n) is 8.50. The Morgan fingerprint density at radius 3 is 2.29 bits per heavy atom. The number of rotatable bonds is 8. The number of nitrogens with one attached hydrogen (secondary N) is 3. The normalized spacial score (nSPS) is 12.9. The van der Waals surface area contributed by atoms with E-state index in [-0.39, 0.29) is 11.9 Å². The molecule has 0 radical (unpaired) electrons. The minimum absolute atomic E-state index is 0.0848. The minimum Gasteiger partial charge on any atom is -0.357 e. The molecule has 0 aliphatic rings. The molecule has 1 aromatic rings. The Morgan fingerprint density at radius 2 is 1.79 bits per heavy atom. The van der Waals surface area contributed by atoms with Crippen LogP contribution >= 0.6 is 0 Å². The summed E-state index contributed by atoms with van der Waals surface area (Å²) in [4.78, 5) is 30.3. The van der Waals surface area contributed by atoms with E-state index in [9.17, 15) is 9.59 Å². The Morgan fingerprint density at radius 1 is 1.12 bits per heavy atom. The fourth-order valence-corrected chi connectivity index (χ4v) is 2.09. The second-order valence-electron chi connectivity index (χ2n) is 5.72. The average Bonchev–Trinajstić information content (AvgIpc) is 2.57. The number of nitrogens with zero attached hydrogens (tertiary/aromatic N) is 2. The highest BCUT2D eigenvalue weighted by atomic mass is 16.2. The molecule has 24 heavy (non-hydrogen) atoms. The summed E-state index contributed by atoms with van der Waals surface area (Å²) in [5.74, 6) is 0.668. The van der Waals surface area contributed by atoms with Crippen LogP contribution in [0.25, 0.3) is 0 Å². The van der Waals surface area contributed by atoms with Crippen molar-refractivity contribution in [1.29, 1.82) is 0 Å². The maximum absolute atomic E-state index is 12.0. The summed E-state index contributed by atoms with van der Waals surface area (Å²) in [6.07, 6.45) is 2.45. The molecule has 7 heteroatoms. The predicted molar refractivity (Wildman–Crippen MR) is 97.3 cm³/mol. The van der Waals surface area contributed by atoms with Crippen molar-refractivity contribution in [3.05, 3.63) is 18.3 Å². The monoisotopic (exact) mass is 335 g/mol. The Kier molecular flexibility index (Phi) is 8.01. The van der Waals surface area contributed by atoms with Gasteiger partial charge in [0.15, 0.2) is 0 Å². The lowest BCUT2D eigenvalue weighted by molar-refractivity contribution is -0.123. The van der Waals surface area contributed by atoms with Crippen molar-refractivity contribution in [3.63, 3.8) is 0 Å². The third-order valence-electron chi connectivity index (χ3n) is 3.84. The highest BCUT2D eigenvalue weighted by molar-refractivity contribution is 5.93. The maximum Gasteiger partial charge on any atom is 0.319 e. The number of hydrogen-bond donors (Lipinski definition) is 3. The molecule has 134 valence electrons. The van der Waals surface area contributed by atoms with Crippen molar-refractivity contribution in [2.45, 2.75) is 53.1 Å². The van der Waals surface area contributed by atoms with E-state index in [1.165, 1.54) is 0 Å². The van der Waals surface area contributed by atoms with Gasteiger partial charge in [-0.25, -0.2) is 9.78 Å². The van der Waals surface area contributed by atoms with Crippen LogP contribution in [0.2, 0.25) is 0 Å². The van der Waals surface area contributed by atoms with Crippen molar-refractivity contribution < 1.29 is 9.59 Å². The van der Waals surface area contributed by atoms with Gasteiger partial charge in [-0.05, 0) is 46.2 Å². The van der Waals surface area contributed by atoms with E-state index in [1.807, 2.05) is 19.9 Å². The van der Waals surface area contributed by atoms with Crippen molar-refractivity contribution in [2.75, 3.05) is 23.3 Å². The highest BCUT2D eigenvalue weighted by Gasteiger charge is 2.17. The molecular formula is C17H29N5O2. The Bertz CT molecular complexity index is 528. The van der Waals surface area contributed by atoms with Crippen LogP contribution in [-0.4, -0.2) is 42.1 Å². The molecule has 1 aromatic heterocycles.